The zero-order valence-corrected chi connectivity index (χ0v) is 26.3. The monoisotopic (exact) mass is 578 g/mol. The van der Waals surface area contributed by atoms with E-state index in [2.05, 4.69) is 40.7 Å². The van der Waals surface area contributed by atoms with E-state index in [4.69, 9.17) is 18.9 Å². The Morgan fingerprint density at radius 3 is 1.64 bits per heavy atom. The molecular formula is C36H50O6. The first-order valence-corrected chi connectivity index (χ1v) is 16.0. The summed E-state index contributed by atoms with van der Waals surface area (Å²) in [6.45, 7) is 11.2. The minimum atomic E-state index is -0.374. The lowest BCUT2D eigenvalue weighted by molar-refractivity contribution is -0.148. The average molecular weight is 579 g/mol. The maximum absolute atomic E-state index is 12.7. The molecule has 0 aromatic heterocycles. The number of hydrogen-bond acceptors (Lipinski definition) is 6. The molecule has 0 spiro atoms. The van der Waals surface area contributed by atoms with E-state index in [0.29, 0.717) is 36.5 Å². The summed E-state index contributed by atoms with van der Waals surface area (Å²) in [5.74, 6) is 1.24. The SMILES string of the molecule is CCCCC(CC)COC(=O)COc1c2ccccc2c(OCC(=O)OCC(CC)CCCC)c2c(CC)cccc12. The summed E-state index contributed by atoms with van der Waals surface area (Å²) in [6, 6.07) is 13.8. The molecule has 0 aliphatic carbocycles. The fourth-order valence-electron chi connectivity index (χ4n) is 5.38. The molecule has 3 aromatic rings. The largest absolute Gasteiger partial charge is 0.481 e. The molecule has 0 heterocycles. The van der Waals surface area contributed by atoms with Gasteiger partial charge < -0.3 is 18.9 Å². The van der Waals surface area contributed by atoms with Gasteiger partial charge in [0.15, 0.2) is 13.2 Å². The first-order chi connectivity index (χ1) is 20.5. The van der Waals surface area contributed by atoms with Gasteiger partial charge in [-0.15, -0.1) is 0 Å². The van der Waals surface area contributed by atoms with Crippen molar-refractivity contribution in [3.05, 3.63) is 48.0 Å². The van der Waals surface area contributed by atoms with Gasteiger partial charge in [0.25, 0.3) is 0 Å². The minimum absolute atomic E-state index is 0.176. The van der Waals surface area contributed by atoms with Crippen LogP contribution in [0.4, 0.5) is 0 Å². The second-order valence-electron chi connectivity index (χ2n) is 11.2. The Hall–Kier alpha value is -3.28. The molecule has 0 saturated carbocycles. The summed E-state index contributed by atoms with van der Waals surface area (Å²) in [7, 11) is 0. The average Bonchev–Trinajstić information content (AvgIpc) is 3.02. The van der Waals surface area contributed by atoms with Gasteiger partial charge >= 0.3 is 11.9 Å². The Labute approximate surface area is 252 Å². The maximum atomic E-state index is 12.7. The fraction of sp³-hybridized carbons (Fsp3) is 0.556. The first-order valence-electron chi connectivity index (χ1n) is 16.0. The van der Waals surface area contributed by atoms with Gasteiger partial charge in [-0.1, -0.05) is 116 Å². The molecule has 2 atom stereocenters. The highest BCUT2D eigenvalue weighted by Crippen LogP contribution is 2.44. The van der Waals surface area contributed by atoms with Crippen LogP contribution in [-0.4, -0.2) is 38.4 Å². The van der Waals surface area contributed by atoms with Crippen LogP contribution in [0.3, 0.4) is 0 Å². The summed E-state index contributed by atoms with van der Waals surface area (Å²) in [6.07, 6.45) is 9.38. The molecule has 6 heteroatoms. The van der Waals surface area contributed by atoms with Gasteiger partial charge in [-0.3, -0.25) is 0 Å². The summed E-state index contributed by atoms with van der Waals surface area (Å²) in [4.78, 5) is 25.5. The smallest absolute Gasteiger partial charge is 0.344 e. The molecule has 3 aromatic carbocycles. The van der Waals surface area contributed by atoms with Gasteiger partial charge in [-0.25, -0.2) is 9.59 Å². The second kappa shape index (κ2) is 17.6. The molecule has 2 unspecified atom stereocenters. The molecule has 0 fully saturated rings. The lowest BCUT2D eigenvalue weighted by Crippen LogP contribution is -2.20. The number of rotatable bonds is 19. The van der Waals surface area contributed by atoms with E-state index >= 15 is 0 Å². The van der Waals surface area contributed by atoms with Gasteiger partial charge in [-0.2, -0.15) is 0 Å². The van der Waals surface area contributed by atoms with Gasteiger partial charge in [0.05, 0.1) is 13.2 Å². The molecule has 0 aliphatic heterocycles. The minimum Gasteiger partial charge on any atom is -0.481 e. The zero-order valence-electron chi connectivity index (χ0n) is 26.3. The van der Waals surface area contributed by atoms with E-state index in [1.54, 1.807) is 0 Å². The normalized spacial score (nSPS) is 12.7. The number of fused-ring (bicyclic) bond motifs is 2. The number of esters is 2. The van der Waals surface area contributed by atoms with Crippen LogP contribution in [-0.2, 0) is 25.5 Å². The number of hydrogen-bond donors (Lipinski definition) is 0. The summed E-state index contributed by atoms with van der Waals surface area (Å²) in [5, 5.41) is 3.36. The van der Waals surface area contributed by atoms with E-state index in [9.17, 15) is 9.59 Å². The number of aryl methyl sites for hydroxylation is 1. The van der Waals surface area contributed by atoms with Crippen LogP contribution in [0.2, 0.25) is 0 Å². The highest BCUT2D eigenvalue weighted by Gasteiger charge is 2.21. The van der Waals surface area contributed by atoms with Crippen LogP contribution in [0.25, 0.3) is 21.5 Å². The predicted octanol–water partition coefficient (Wildman–Crippen LogP) is 8.83. The molecule has 6 nitrogen and oxygen atoms in total. The highest BCUT2D eigenvalue weighted by atomic mass is 16.6. The molecular weight excluding hydrogens is 528 g/mol. The zero-order chi connectivity index (χ0) is 30.3. The van der Waals surface area contributed by atoms with Gasteiger partial charge in [0.1, 0.15) is 11.5 Å². The standard InChI is InChI=1S/C36H50O6/c1-6-11-16-26(8-3)22-39-32(37)24-41-35-29-19-13-14-20-30(29)36(34-28(10-5)18-15-21-31(34)35)42-25-33(38)40-23-27(9-4)17-12-7-2/h13-15,18-21,26-27H,6-12,16-17,22-25H2,1-5H3. The first kappa shape index (κ1) is 33.2. The lowest BCUT2D eigenvalue weighted by atomic mass is 9.96. The summed E-state index contributed by atoms with van der Waals surface area (Å²) >= 11 is 0. The van der Waals surface area contributed by atoms with Crippen molar-refractivity contribution in [2.45, 2.75) is 92.4 Å². The van der Waals surface area contributed by atoms with Gasteiger partial charge in [0, 0.05) is 21.5 Å². The Bertz CT molecular complexity index is 1280. The Kier molecular flexibility index (Phi) is 13.9. The van der Waals surface area contributed by atoms with Crippen molar-refractivity contribution in [2.24, 2.45) is 11.8 Å². The quantitative estimate of drug-likeness (QED) is 0.105. The summed E-state index contributed by atoms with van der Waals surface area (Å²) < 4.78 is 23.7. The third kappa shape index (κ3) is 9.11. The number of unbranched alkanes of at least 4 members (excludes halogenated alkanes) is 2. The van der Waals surface area contributed by atoms with Gasteiger partial charge in [0.2, 0.25) is 0 Å². The lowest BCUT2D eigenvalue weighted by Gasteiger charge is -2.20. The third-order valence-electron chi connectivity index (χ3n) is 8.13. The van der Waals surface area contributed by atoms with Crippen LogP contribution in [0.5, 0.6) is 11.5 Å². The van der Waals surface area contributed by atoms with Crippen LogP contribution in [0.1, 0.15) is 91.5 Å². The Balaban J connectivity index is 1.84. The molecule has 0 saturated heterocycles. The van der Waals surface area contributed by atoms with Crippen molar-refractivity contribution in [3.63, 3.8) is 0 Å². The van der Waals surface area contributed by atoms with E-state index in [0.717, 1.165) is 84.9 Å². The highest BCUT2D eigenvalue weighted by molar-refractivity contribution is 6.12. The molecule has 0 bridgehead atoms. The predicted molar refractivity (Wildman–Crippen MR) is 170 cm³/mol. The van der Waals surface area contributed by atoms with E-state index in [-0.39, 0.29) is 25.2 Å². The molecule has 3 rings (SSSR count). The van der Waals surface area contributed by atoms with Crippen molar-refractivity contribution in [3.8, 4) is 11.5 Å². The van der Waals surface area contributed by atoms with E-state index < -0.39 is 0 Å². The molecule has 0 radical (unpaired) electrons. The molecule has 0 amide bonds. The topological polar surface area (TPSA) is 71.1 Å². The van der Waals surface area contributed by atoms with Crippen molar-refractivity contribution < 1.29 is 28.5 Å². The molecule has 0 aliphatic rings. The molecule has 42 heavy (non-hydrogen) atoms. The van der Waals surface area contributed by atoms with Crippen molar-refractivity contribution in [1.82, 2.24) is 0 Å². The maximum Gasteiger partial charge on any atom is 0.344 e. The van der Waals surface area contributed by atoms with Crippen molar-refractivity contribution >= 4 is 33.5 Å². The van der Waals surface area contributed by atoms with E-state index in [1.807, 2.05) is 36.4 Å². The Morgan fingerprint density at radius 2 is 1.14 bits per heavy atom. The second-order valence-corrected chi connectivity index (χ2v) is 11.2. The number of benzene rings is 3. The number of carbonyl (C=O) groups is 2. The van der Waals surface area contributed by atoms with Crippen LogP contribution in [0, 0.1) is 11.8 Å². The summed E-state index contributed by atoms with van der Waals surface area (Å²) in [5.41, 5.74) is 1.07. The third-order valence-corrected chi connectivity index (χ3v) is 8.13. The van der Waals surface area contributed by atoms with Crippen molar-refractivity contribution in [2.75, 3.05) is 26.4 Å². The molecule has 0 N–H and O–H groups in total. The Morgan fingerprint density at radius 1 is 0.643 bits per heavy atom. The van der Waals surface area contributed by atoms with Crippen LogP contribution >= 0.6 is 0 Å². The number of ether oxygens (including phenoxy) is 4. The van der Waals surface area contributed by atoms with Gasteiger partial charge in [-0.05, 0) is 36.7 Å². The van der Waals surface area contributed by atoms with Crippen LogP contribution < -0.4 is 9.47 Å². The van der Waals surface area contributed by atoms with E-state index in [1.165, 1.54) is 0 Å². The molecule has 230 valence electrons. The van der Waals surface area contributed by atoms with Crippen molar-refractivity contribution in [1.29, 1.82) is 0 Å². The number of carbonyl (C=O) groups excluding carboxylic acids is 2. The fourth-order valence-corrected chi connectivity index (χ4v) is 5.38. The van der Waals surface area contributed by atoms with Crippen LogP contribution in [0.15, 0.2) is 42.5 Å².